The van der Waals surface area contributed by atoms with Crippen molar-refractivity contribution in [1.82, 2.24) is 0 Å². The van der Waals surface area contributed by atoms with Gasteiger partial charge < -0.3 is 20.1 Å². The standard InChI is InChI=1S/C21H20ClF3N2O5/c1-31-15-8-6-14(7-9-15)26-19(29)12-32-20(30)4-2-3-18(28)27-17-11-13(21(23,24)25)5-10-16(17)22/h5-11H,2-4,12H2,1H3,(H,26,29)(H,27,28). The zero-order chi connectivity index (χ0) is 23.7. The molecular formula is C21H20ClF3N2O5. The summed E-state index contributed by atoms with van der Waals surface area (Å²) in [5.74, 6) is -1.23. The molecule has 32 heavy (non-hydrogen) atoms. The van der Waals surface area contributed by atoms with Crippen molar-refractivity contribution < 1.29 is 37.0 Å². The number of methoxy groups -OCH3 is 1. The Kier molecular flexibility index (Phi) is 8.89. The highest BCUT2D eigenvalue weighted by Crippen LogP contribution is 2.33. The topological polar surface area (TPSA) is 93.7 Å². The van der Waals surface area contributed by atoms with E-state index >= 15 is 0 Å². The van der Waals surface area contributed by atoms with Gasteiger partial charge in [-0.2, -0.15) is 13.2 Å². The lowest BCUT2D eigenvalue weighted by molar-refractivity contribution is -0.147. The van der Waals surface area contributed by atoms with E-state index in [9.17, 15) is 27.6 Å². The summed E-state index contributed by atoms with van der Waals surface area (Å²) < 4.78 is 48.2. The number of amides is 2. The van der Waals surface area contributed by atoms with Gasteiger partial charge in [-0.15, -0.1) is 0 Å². The van der Waals surface area contributed by atoms with Crippen LogP contribution < -0.4 is 15.4 Å². The number of carbonyl (C=O) groups excluding carboxylic acids is 3. The Bertz CT molecular complexity index is 965. The van der Waals surface area contributed by atoms with Crippen molar-refractivity contribution >= 4 is 40.8 Å². The first kappa shape index (κ1) is 25.0. The van der Waals surface area contributed by atoms with Crippen LogP contribution in [0.15, 0.2) is 42.5 Å². The fourth-order valence-electron chi connectivity index (χ4n) is 2.49. The van der Waals surface area contributed by atoms with Gasteiger partial charge in [0.15, 0.2) is 6.61 Å². The highest BCUT2D eigenvalue weighted by atomic mass is 35.5. The molecule has 0 aliphatic heterocycles. The monoisotopic (exact) mass is 472 g/mol. The molecule has 172 valence electrons. The Balaban J connectivity index is 1.71. The van der Waals surface area contributed by atoms with Gasteiger partial charge in [0, 0.05) is 18.5 Å². The highest BCUT2D eigenvalue weighted by Gasteiger charge is 2.31. The number of halogens is 4. The summed E-state index contributed by atoms with van der Waals surface area (Å²) in [6.07, 6.45) is -4.81. The fraction of sp³-hybridized carbons (Fsp3) is 0.286. The number of ether oxygens (including phenoxy) is 2. The molecule has 0 unspecified atom stereocenters. The van der Waals surface area contributed by atoms with E-state index in [2.05, 4.69) is 10.6 Å². The second kappa shape index (κ2) is 11.4. The maximum Gasteiger partial charge on any atom is 0.416 e. The molecule has 0 radical (unpaired) electrons. The van der Waals surface area contributed by atoms with Crippen LogP contribution in [0.2, 0.25) is 5.02 Å². The number of hydrogen-bond donors (Lipinski definition) is 2. The average molecular weight is 473 g/mol. The molecule has 0 aliphatic rings. The van der Waals surface area contributed by atoms with Gasteiger partial charge in [-0.05, 0) is 48.9 Å². The molecule has 0 aromatic heterocycles. The number of anilines is 2. The molecule has 2 aromatic rings. The number of rotatable bonds is 9. The highest BCUT2D eigenvalue weighted by molar-refractivity contribution is 6.33. The normalized spacial score (nSPS) is 10.9. The lowest BCUT2D eigenvalue weighted by Gasteiger charge is -2.11. The summed E-state index contributed by atoms with van der Waals surface area (Å²) in [5.41, 5.74) is -0.630. The van der Waals surface area contributed by atoms with Gasteiger partial charge in [0.05, 0.1) is 23.4 Å². The van der Waals surface area contributed by atoms with Crippen molar-refractivity contribution in [3.63, 3.8) is 0 Å². The van der Waals surface area contributed by atoms with Crippen molar-refractivity contribution in [2.24, 2.45) is 0 Å². The molecule has 0 saturated heterocycles. The van der Waals surface area contributed by atoms with Crippen LogP contribution in [-0.2, 0) is 25.3 Å². The number of carbonyl (C=O) groups is 3. The second-order valence-corrected chi connectivity index (χ2v) is 6.94. The minimum absolute atomic E-state index is 0.0476. The molecule has 0 atom stereocenters. The van der Waals surface area contributed by atoms with Crippen LogP contribution >= 0.6 is 11.6 Å². The summed E-state index contributed by atoms with van der Waals surface area (Å²) in [6, 6.07) is 9.11. The van der Waals surface area contributed by atoms with Crippen molar-refractivity contribution in [2.45, 2.75) is 25.4 Å². The third-order valence-corrected chi connectivity index (χ3v) is 4.42. The largest absolute Gasteiger partial charge is 0.497 e. The summed E-state index contributed by atoms with van der Waals surface area (Å²) >= 11 is 5.82. The van der Waals surface area contributed by atoms with Crippen LogP contribution in [0.3, 0.4) is 0 Å². The van der Waals surface area contributed by atoms with Gasteiger partial charge >= 0.3 is 12.1 Å². The Morgan fingerprint density at radius 1 is 0.969 bits per heavy atom. The van der Waals surface area contributed by atoms with Crippen LogP contribution in [-0.4, -0.2) is 31.5 Å². The van der Waals surface area contributed by atoms with Crippen LogP contribution in [0.25, 0.3) is 0 Å². The molecule has 0 fully saturated rings. The molecule has 0 saturated carbocycles. The van der Waals surface area contributed by atoms with Gasteiger partial charge in [0.1, 0.15) is 5.75 Å². The van der Waals surface area contributed by atoms with Crippen molar-refractivity contribution in [3.8, 4) is 5.75 Å². The predicted octanol–water partition coefficient (Wildman–Crippen LogP) is 4.66. The average Bonchev–Trinajstić information content (AvgIpc) is 2.73. The van der Waals surface area contributed by atoms with Gasteiger partial charge in [0.25, 0.3) is 5.91 Å². The SMILES string of the molecule is COc1ccc(NC(=O)COC(=O)CCCC(=O)Nc2cc(C(F)(F)F)ccc2Cl)cc1. The maximum atomic E-state index is 12.8. The zero-order valence-electron chi connectivity index (χ0n) is 16.9. The molecule has 0 aliphatic carbocycles. The summed E-state index contributed by atoms with van der Waals surface area (Å²) in [6.45, 7) is -0.503. The molecule has 7 nitrogen and oxygen atoms in total. The van der Waals surface area contributed by atoms with Crippen molar-refractivity contribution in [1.29, 1.82) is 0 Å². The van der Waals surface area contributed by atoms with E-state index in [0.29, 0.717) is 11.4 Å². The predicted molar refractivity (Wildman–Crippen MR) is 112 cm³/mol. The van der Waals surface area contributed by atoms with Gasteiger partial charge in [-0.3, -0.25) is 14.4 Å². The second-order valence-electron chi connectivity index (χ2n) is 6.53. The number of esters is 1. The fourth-order valence-corrected chi connectivity index (χ4v) is 2.66. The van der Waals surface area contributed by atoms with E-state index in [4.69, 9.17) is 21.1 Å². The molecule has 2 N–H and O–H groups in total. The molecule has 0 bridgehead atoms. The summed E-state index contributed by atoms with van der Waals surface area (Å²) in [5, 5.41) is 4.78. The van der Waals surface area contributed by atoms with E-state index in [1.807, 2.05) is 0 Å². The number of nitrogens with one attached hydrogen (secondary N) is 2. The molecule has 2 aromatic carbocycles. The minimum Gasteiger partial charge on any atom is -0.497 e. The van der Waals surface area contributed by atoms with Crippen molar-refractivity contribution in [3.05, 3.63) is 53.1 Å². The van der Waals surface area contributed by atoms with Gasteiger partial charge in [0.2, 0.25) is 5.91 Å². The maximum absolute atomic E-state index is 12.8. The molecule has 2 amide bonds. The quantitative estimate of drug-likeness (QED) is 0.518. The third kappa shape index (κ3) is 8.10. The van der Waals surface area contributed by atoms with Crippen LogP contribution in [0, 0.1) is 0 Å². The van der Waals surface area contributed by atoms with Crippen LogP contribution in [0.5, 0.6) is 5.75 Å². The Morgan fingerprint density at radius 2 is 1.66 bits per heavy atom. The minimum atomic E-state index is -4.58. The first-order valence-electron chi connectivity index (χ1n) is 9.34. The molecule has 0 heterocycles. The zero-order valence-corrected chi connectivity index (χ0v) is 17.7. The Hall–Kier alpha value is -3.27. The van der Waals surface area contributed by atoms with E-state index in [1.165, 1.54) is 7.11 Å². The smallest absolute Gasteiger partial charge is 0.416 e. The lowest BCUT2D eigenvalue weighted by atomic mass is 10.2. The number of hydrogen-bond acceptors (Lipinski definition) is 5. The lowest BCUT2D eigenvalue weighted by Crippen LogP contribution is -2.21. The van der Waals surface area contributed by atoms with Crippen LogP contribution in [0.1, 0.15) is 24.8 Å². The van der Waals surface area contributed by atoms with E-state index in [-0.39, 0.29) is 30.0 Å². The molecule has 0 spiro atoms. The Labute approximate surface area is 186 Å². The molecular weight excluding hydrogens is 453 g/mol. The molecule has 2 rings (SSSR count). The van der Waals surface area contributed by atoms with E-state index in [1.54, 1.807) is 24.3 Å². The number of alkyl halides is 3. The van der Waals surface area contributed by atoms with Gasteiger partial charge in [-0.1, -0.05) is 11.6 Å². The molecule has 11 heteroatoms. The van der Waals surface area contributed by atoms with Crippen LogP contribution in [0.4, 0.5) is 24.5 Å². The number of benzene rings is 2. The van der Waals surface area contributed by atoms with Gasteiger partial charge in [-0.25, -0.2) is 0 Å². The Morgan fingerprint density at radius 3 is 2.28 bits per heavy atom. The van der Waals surface area contributed by atoms with E-state index < -0.39 is 36.1 Å². The third-order valence-electron chi connectivity index (χ3n) is 4.09. The summed E-state index contributed by atoms with van der Waals surface area (Å²) in [7, 11) is 1.51. The first-order chi connectivity index (χ1) is 15.1. The van der Waals surface area contributed by atoms with E-state index in [0.717, 1.165) is 18.2 Å². The summed E-state index contributed by atoms with van der Waals surface area (Å²) in [4.78, 5) is 35.5. The van der Waals surface area contributed by atoms with Crippen molar-refractivity contribution in [2.75, 3.05) is 24.4 Å². The first-order valence-corrected chi connectivity index (χ1v) is 9.72.